The molecule has 5 atom stereocenters. The Morgan fingerprint density at radius 2 is 1.73 bits per heavy atom. The SMILES string of the molecule is COC(=O)c1cc(O)c2c(c1C(=O)OC)C[C@H]1[C@@H]3CCC4=CC(=O)CC[C@]4(C)[C@H]3CC[C@]21C. The Balaban J connectivity index is 1.62. The molecule has 0 heterocycles. The molecule has 0 saturated heterocycles. The minimum atomic E-state index is -0.654. The number of hydrogen-bond acceptors (Lipinski definition) is 6. The van der Waals surface area contributed by atoms with E-state index in [-0.39, 0.29) is 39.4 Å². The number of esters is 2. The van der Waals surface area contributed by atoms with Crippen LogP contribution in [0, 0.1) is 23.2 Å². The van der Waals surface area contributed by atoms with E-state index in [2.05, 4.69) is 13.8 Å². The molecule has 6 heteroatoms. The fourth-order valence-corrected chi connectivity index (χ4v) is 7.96. The normalized spacial score (nSPS) is 34.4. The van der Waals surface area contributed by atoms with Gasteiger partial charge in [-0.15, -0.1) is 0 Å². The molecule has 0 spiro atoms. The van der Waals surface area contributed by atoms with Crippen molar-refractivity contribution in [2.45, 2.75) is 64.2 Å². The van der Waals surface area contributed by atoms with E-state index in [4.69, 9.17) is 9.47 Å². The van der Waals surface area contributed by atoms with Gasteiger partial charge in [0, 0.05) is 12.0 Å². The van der Waals surface area contributed by atoms with Crippen LogP contribution in [0.25, 0.3) is 0 Å². The zero-order valence-electron chi connectivity index (χ0n) is 19.8. The van der Waals surface area contributed by atoms with E-state index in [9.17, 15) is 19.5 Å². The summed E-state index contributed by atoms with van der Waals surface area (Å²) in [7, 11) is 2.57. The zero-order valence-corrected chi connectivity index (χ0v) is 19.8. The lowest BCUT2D eigenvalue weighted by molar-refractivity contribution is -0.117. The van der Waals surface area contributed by atoms with Crippen molar-refractivity contribution in [3.05, 3.63) is 40.0 Å². The molecule has 33 heavy (non-hydrogen) atoms. The Morgan fingerprint density at radius 3 is 2.42 bits per heavy atom. The Morgan fingerprint density at radius 1 is 1.00 bits per heavy atom. The third-order valence-electron chi connectivity index (χ3n) is 9.55. The molecule has 0 aliphatic heterocycles. The summed E-state index contributed by atoms with van der Waals surface area (Å²) in [6.45, 7) is 4.54. The van der Waals surface area contributed by atoms with Crippen molar-refractivity contribution in [3.63, 3.8) is 0 Å². The number of allylic oxidation sites excluding steroid dienone is 2. The van der Waals surface area contributed by atoms with E-state index in [0.717, 1.165) is 43.2 Å². The summed E-state index contributed by atoms with van der Waals surface area (Å²) >= 11 is 0. The van der Waals surface area contributed by atoms with Crippen LogP contribution in [0.15, 0.2) is 17.7 Å². The number of carbonyl (C=O) groups is 3. The predicted molar refractivity (Wildman–Crippen MR) is 121 cm³/mol. The van der Waals surface area contributed by atoms with Crippen LogP contribution >= 0.6 is 0 Å². The molecule has 0 amide bonds. The van der Waals surface area contributed by atoms with Crippen LogP contribution < -0.4 is 0 Å². The first-order chi connectivity index (χ1) is 15.7. The average molecular weight is 453 g/mol. The molecule has 0 aromatic heterocycles. The molecule has 1 N–H and O–H groups in total. The van der Waals surface area contributed by atoms with Gasteiger partial charge in [-0.3, -0.25) is 4.79 Å². The number of phenolic OH excluding ortho intramolecular Hbond substituents is 1. The van der Waals surface area contributed by atoms with Crippen molar-refractivity contribution in [1.82, 2.24) is 0 Å². The van der Waals surface area contributed by atoms with Gasteiger partial charge in [0.05, 0.1) is 25.3 Å². The first-order valence-electron chi connectivity index (χ1n) is 12.0. The molecule has 176 valence electrons. The van der Waals surface area contributed by atoms with Gasteiger partial charge in [-0.25, -0.2) is 9.59 Å². The molecule has 0 radical (unpaired) electrons. The van der Waals surface area contributed by atoms with Gasteiger partial charge in [0.1, 0.15) is 5.75 Å². The summed E-state index contributed by atoms with van der Waals surface area (Å²) in [5.41, 5.74) is 2.90. The molecule has 0 unspecified atom stereocenters. The van der Waals surface area contributed by atoms with Crippen molar-refractivity contribution in [1.29, 1.82) is 0 Å². The van der Waals surface area contributed by atoms with Crippen LogP contribution in [0.3, 0.4) is 0 Å². The maximum Gasteiger partial charge on any atom is 0.339 e. The maximum atomic E-state index is 12.8. The first kappa shape index (κ1) is 22.2. The second-order valence-corrected chi connectivity index (χ2v) is 10.8. The van der Waals surface area contributed by atoms with Gasteiger partial charge in [-0.1, -0.05) is 19.4 Å². The van der Waals surface area contributed by atoms with Crippen molar-refractivity contribution in [2.24, 2.45) is 23.2 Å². The van der Waals surface area contributed by atoms with Gasteiger partial charge < -0.3 is 14.6 Å². The second-order valence-electron chi connectivity index (χ2n) is 10.8. The van der Waals surface area contributed by atoms with Crippen LogP contribution in [-0.2, 0) is 26.1 Å². The molecular weight excluding hydrogens is 420 g/mol. The highest BCUT2D eigenvalue weighted by Crippen LogP contribution is 2.65. The molecule has 5 rings (SSSR count). The quantitative estimate of drug-likeness (QED) is 0.664. The highest BCUT2D eigenvalue weighted by atomic mass is 16.5. The number of aromatic hydroxyl groups is 1. The second kappa shape index (κ2) is 7.44. The largest absolute Gasteiger partial charge is 0.508 e. The summed E-state index contributed by atoms with van der Waals surface area (Å²) in [5.74, 6) is 0.240. The summed E-state index contributed by atoms with van der Waals surface area (Å²) < 4.78 is 9.96. The molecule has 4 aliphatic carbocycles. The fourth-order valence-electron chi connectivity index (χ4n) is 7.96. The van der Waals surface area contributed by atoms with Crippen molar-refractivity contribution >= 4 is 17.7 Å². The minimum absolute atomic E-state index is 0.0390. The number of ether oxygens (including phenoxy) is 2. The zero-order chi connectivity index (χ0) is 23.7. The average Bonchev–Trinajstić information content (AvgIpc) is 3.12. The number of benzene rings is 1. The predicted octanol–water partition coefficient (Wildman–Crippen LogP) is 4.51. The van der Waals surface area contributed by atoms with Gasteiger partial charge in [0.15, 0.2) is 5.78 Å². The molecule has 6 nitrogen and oxygen atoms in total. The van der Waals surface area contributed by atoms with E-state index in [1.807, 2.05) is 6.08 Å². The van der Waals surface area contributed by atoms with E-state index >= 15 is 0 Å². The van der Waals surface area contributed by atoms with Gasteiger partial charge in [-0.05, 0) is 84.8 Å². The topological polar surface area (TPSA) is 89.9 Å². The number of phenols is 1. The molecule has 0 bridgehead atoms. The molecule has 2 saturated carbocycles. The van der Waals surface area contributed by atoms with E-state index in [1.54, 1.807) is 0 Å². The van der Waals surface area contributed by atoms with Crippen LogP contribution in [0.5, 0.6) is 5.75 Å². The number of hydrogen-bond donors (Lipinski definition) is 1. The van der Waals surface area contributed by atoms with Gasteiger partial charge in [0.25, 0.3) is 0 Å². The van der Waals surface area contributed by atoms with E-state index < -0.39 is 11.9 Å². The number of ketones is 1. The Labute approximate surface area is 194 Å². The smallest absolute Gasteiger partial charge is 0.339 e. The highest BCUT2D eigenvalue weighted by molar-refractivity contribution is 6.05. The van der Waals surface area contributed by atoms with Crippen LogP contribution in [-0.4, -0.2) is 37.0 Å². The van der Waals surface area contributed by atoms with Gasteiger partial charge in [-0.2, -0.15) is 0 Å². The third-order valence-corrected chi connectivity index (χ3v) is 9.55. The Bertz CT molecular complexity index is 1100. The van der Waals surface area contributed by atoms with E-state index in [0.29, 0.717) is 24.7 Å². The lowest BCUT2D eigenvalue weighted by Crippen LogP contribution is -2.51. The molecule has 1 aromatic rings. The van der Waals surface area contributed by atoms with Gasteiger partial charge in [0.2, 0.25) is 0 Å². The molecular formula is C27H32O6. The number of methoxy groups -OCH3 is 2. The van der Waals surface area contributed by atoms with Crippen molar-refractivity contribution in [3.8, 4) is 5.75 Å². The summed E-state index contributed by atoms with van der Waals surface area (Å²) in [6, 6.07) is 1.38. The van der Waals surface area contributed by atoms with Crippen molar-refractivity contribution < 1.29 is 29.0 Å². The summed E-state index contributed by atoms with van der Waals surface area (Å²) in [6.07, 6.45) is 7.90. The van der Waals surface area contributed by atoms with Gasteiger partial charge >= 0.3 is 11.9 Å². The summed E-state index contributed by atoms with van der Waals surface area (Å²) in [4.78, 5) is 37.4. The van der Waals surface area contributed by atoms with E-state index in [1.165, 1.54) is 25.9 Å². The van der Waals surface area contributed by atoms with Crippen LogP contribution in [0.4, 0.5) is 0 Å². The standard InChI is InChI=1S/C27H32O6/c1-26-9-7-15(28)11-14(26)5-6-16-19(26)8-10-27(2)20(16)12-17-22(25(31)33-4)18(24(30)32-3)13-21(29)23(17)27/h11,13,16,19-20,29H,5-10,12H2,1-4H3/t16-,19+,20+,26+,27+/m1/s1. The Kier molecular flexibility index (Phi) is 5.00. The molecule has 2 fully saturated rings. The van der Waals surface area contributed by atoms with Crippen LogP contribution in [0.1, 0.15) is 84.2 Å². The Hall–Kier alpha value is -2.63. The fraction of sp³-hybridized carbons (Fsp3) is 0.593. The third kappa shape index (κ3) is 2.95. The number of rotatable bonds is 2. The van der Waals surface area contributed by atoms with Crippen molar-refractivity contribution in [2.75, 3.05) is 14.2 Å². The van der Waals surface area contributed by atoms with Crippen LogP contribution in [0.2, 0.25) is 0 Å². The highest BCUT2D eigenvalue weighted by Gasteiger charge is 2.59. The first-order valence-corrected chi connectivity index (χ1v) is 12.0. The lowest BCUT2D eigenvalue weighted by atomic mass is 9.47. The lowest BCUT2D eigenvalue weighted by Gasteiger charge is -2.57. The molecule has 1 aromatic carbocycles. The maximum absolute atomic E-state index is 12.8. The minimum Gasteiger partial charge on any atom is -0.508 e. The number of fused-ring (bicyclic) bond motifs is 7. The monoisotopic (exact) mass is 452 g/mol. The molecule has 4 aliphatic rings. The number of carbonyl (C=O) groups excluding carboxylic acids is 3. The summed E-state index contributed by atoms with van der Waals surface area (Å²) in [5, 5.41) is 11.1.